The molecule has 0 aliphatic carbocycles. The fourth-order valence-electron chi connectivity index (χ4n) is 0. The molecule has 0 aromatic carbocycles. The Bertz CT molecular complexity index is 25.2. The van der Waals surface area contributed by atoms with E-state index in [0.29, 0.717) is 0 Å². The molecule has 4 heteroatoms. The molecule has 0 aliphatic rings. The zero-order valence-corrected chi connectivity index (χ0v) is 3.76. The summed E-state index contributed by atoms with van der Waals surface area (Å²) in [5.41, 5.74) is 0. The van der Waals surface area contributed by atoms with Gasteiger partial charge < -0.3 is 20.8 Å². The van der Waals surface area contributed by atoms with E-state index in [1.54, 1.807) is 0 Å². The van der Waals surface area contributed by atoms with Gasteiger partial charge in [0.25, 0.3) is 0 Å². The topological polar surface area (TPSA) is 81.7 Å². The van der Waals surface area contributed by atoms with Crippen molar-refractivity contribution in [3.63, 3.8) is 0 Å². The highest BCUT2D eigenvalue weighted by molar-refractivity contribution is 4.60. The zero-order chi connectivity index (χ0) is 3.41. The molecule has 4 N–H and O–H groups in total. The van der Waals surface area contributed by atoms with Gasteiger partial charge in [0, 0.05) is 0 Å². The predicted molar refractivity (Wildman–Crippen MR) is 29.6 cm³/mol. The Kier molecular flexibility index (Phi) is 523. The normalized spacial score (nSPS) is 3.12. The molecular formula is C4H13FO3-2. The van der Waals surface area contributed by atoms with Crippen LogP contribution in [0, 0.1) is 0 Å². The smallest absolute Gasteiger partial charge is 0.0609 e. The molecule has 0 aliphatic heterocycles. The summed E-state index contributed by atoms with van der Waals surface area (Å²) in [6.45, 7) is 3.31. The molecule has 0 spiro atoms. The van der Waals surface area contributed by atoms with Crippen LogP contribution in [0.5, 0.6) is 0 Å². The van der Waals surface area contributed by atoms with Gasteiger partial charge in [0.1, 0.15) is 0 Å². The average molecular weight is 128 g/mol. The first-order valence-corrected chi connectivity index (χ1v) is 1.13. The minimum absolute atomic E-state index is 0. The van der Waals surface area contributed by atoms with Crippen LogP contribution in [-0.2, 0) is 0 Å². The summed E-state index contributed by atoms with van der Waals surface area (Å²) < 4.78 is 0. The molecule has 0 saturated heterocycles. The molecule has 0 radical (unpaired) electrons. The summed E-state index contributed by atoms with van der Waals surface area (Å²) in [4.78, 5) is 0. The van der Waals surface area contributed by atoms with Crippen molar-refractivity contribution in [3.05, 3.63) is 12.7 Å². The Labute approximate surface area is 48.6 Å². The zero-order valence-electron chi connectivity index (χ0n) is 3.76. The summed E-state index contributed by atoms with van der Waals surface area (Å²) in [7, 11) is 0. The van der Waals surface area contributed by atoms with Crippen LogP contribution in [0.4, 0.5) is 0 Å². The molecule has 0 atom stereocenters. The second-order valence-corrected chi connectivity index (χ2v) is 0.471. The van der Waals surface area contributed by atoms with Crippen molar-refractivity contribution in [2.45, 2.75) is 7.43 Å². The van der Waals surface area contributed by atoms with Crippen LogP contribution in [0.3, 0.4) is 0 Å². The monoisotopic (exact) mass is 128 g/mol. The highest BCUT2D eigenvalue weighted by atomic mass is 19.0. The summed E-state index contributed by atoms with van der Waals surface area (Å²) in [5, 5.41) is 7.76. The molecule has 56 valence electrons. The van der Waals surface area contributed by atoms with Crippen LogP contribution in [0.1, 0.15) is 7.43 Å². The fourth-order valence-corrected chi connectivity index (χ4v) is 0. The number of halogens is 1. The summed E-state index contributed by atoms with van der Waals surface area (Å²) in [6.07, 6.45) is 1.43. The van der Waals surface area contributed by atoms with E-state index in [2.05, 4.69) is 6.58 Å². The number of rotatable bonds is 1. The third-order valence-electron chi connectivity index (χ3n) is 0.129. The first kappa shape index (κ1) is 49.8. The Hall–Kier alpha value is -0.450. The van der Waals surface area contributed by atoms with E-state index in [9.17, 15) is 0 Å². The molecule has 0 rings (SSSR count). The number of hydrogen-bond donors (Lipinski definition) is 1. The quantitative estimate of drug-likeness (QED) is 0.377. The van der Waals surface area contributed by atoms with E-state index in [-0.39, 0.29) is 29.7 Å². The maximum atomic E-state index is 7.76. The Balaban J connectivity index is -0.00000000750. The fraction of sp³-hybridized carbons (Fsp3) is 0.500. The minimum Gasteiger partial charge on any atom is -1.00 e. The van der Waals surface area contributed by atoms with Crippen molar-refractivity contribution in [3.8, 4) is 0 Å². The highest BCUT2D eigenvalue weighted by Gasteiger charge is 1.45. The van der Waals surface area contributed by atoms with Crippen molar-refractivity contribution in [2.24, 2.45) is 0 Å². The lowest BCUT2D eigenvalue weighted by Gasteiger charge is -1.60. The lowest BCUT2D eigenvalue weighted by atomic mass is 10.7. The highest BCUT2D eigenvalue weighted by Crippen LogP contribution is 1.46. The van der Waals surface area contributed by atoms with Crippen LogP contribution < -0.4 is 4.70 Å². The van der Waals surface area contributed by atoms with Crippen LogP contribution in [0.25, 0.3) is 0 Å². The van der Waals surface area contributed by atoms with E-state index in [1.807, 2.05) is 0 Å². The number of aliphatic hydroxyl groups is 1. The minimum atomic E-state index is 0. The van der Waals surface area contributed by atoms with Crippen molar-refractivity contribution in [2.75, 3.05) is 6.61 Å². The van der Waals surface area contributed by atoms with Crippen molar-refractivity contribution in [1.29, 1.82) is 0 Å². The van der Waals surface area contributed by atoms with Crippen molar-refractivity contribution >= 4 is 0 Å². The first-order valence-electron chi connectivity index (χ1n) is 1.13. The largest absolute Gasteiger partial charge is 1.00 e. The van der Waals surface area contributed by atoms with Crippen LogP contribution >= 0.6 is 0 Å². The molecule has 0 bridgehead atoms. The molecule has 0 aromatic heterocycles. The second-order valence-electron chi connectivity index (χ2n) is 0.471. The van der Waals surface area contributed by atoms with Crippen LogP contribution in [0.2, 0.25) is 0 Å². The maximum Gasteiger partial charge on any atom is 0.0609 e. The number of hydrogen-bond acceptors (Lipinski definition) is 2. The van der Waals surface area contributed by atoms with Gasteiger partial charge in [-0.25, -0.2) is 0 Å². The second kappa shape index (κ2) is 84.0. The van der Waals surface area contributed by atoms with E-state index >= 15 is 0 Å². The molecule has 0 amide bonds. The molecule has 3 nitrogen and oxygen atoms in total. The van der Waals surface area contributed by atoms with Gasteiger partial charge >= 0.3 is 0 Å². The Morgan fingerprint density at radius 1 is 1.50 bits per heavy atom. The third-order valence-corrected chi connectivity index (χ3v) is 0.129. The lowest BCUT2D eigenvalue weighted by Crippen LogP contribution is -3.00. The molecular weight excluding hydrogens is 115 g/mol. The maximum absolute atomic E-state index is 7.76. The van der Waals surface area contributed by atoms with Gasteiger partial charge in [0.15, 0.2) is 0 Å². The average Bonchev–Trinajstić information content (AvgIpc) is 1.37. The molecule has 0 unspecified atom stereocenters. The molecule has 0 fully saturated rings. The van der Waals surface area contributed by atoms with Gasteiger partial charge in [-0.1, -0.05) is 13.5 Å². The summed E-state index contributed by atoms with van der Waals surface area (Å²) in [6, 6.07) is 0. The molecule has 0 heterocycles. The summed E-state index contributed by atoms with van der Waals surface area (Å²) >= 11 is 0. The van der Waals surface area contributed by atoms with Gasteiger partial charge in [-0.3, -0.25) is 0 Å². The van der Waals surface area contributed by atoms with E-state index in [0.717, 1.165) is 0 Å². The van der Waals surface area contributed by atoms with E-state index in [4.69, 9.17) is 5.11 Å². The third kappa shape index (κ3) is 380. The van der Waals surface area contributed by atoms with Gasteiger partial charge in [-0.2, -0.15) is 0 Å². The van der Waals surface area contributed by atoms with E-state index in [1.165, 1.54) is 6.08 Å². The summed E-state index contributed by atoms with van der Waals surface area (Å²) in [5.74, 6) is 0. The molecule has 0 saturated carbocycles. The van der Waals surface area contributed by atoms with Gasteiger partial charge in [0.2, 0.25) is 0 Å². The van der Waals surface area contributed by atoms with Crippen molar-refractivity contribution < 1.29 is 20.8 Å². The van der Waals surface area contributed by atoms with Gasteiger partial charge in [-0.15, -0.1) is 6.58 Å². The molecule has 8 heavy (non-hydrogen) atoms. The SMILES string of the molecule is C.C=CCO.O.[F-].[OH-]. The van der Waals surface area contributed by atoms with Crippen LogP contribution in [0.15, 0.2) is 12.7 Å². The van der Waals surface area contributed by atoms with E-state index < -0.39 is 0 Å². The lowest BCUT2D eigenvalue weighted by molar-refractivity contribution is -0.00000466. The van der Waals surface area contributed by atoms with Crippen LogP contribution in [-0.4, -0.2) is 22.7 Å². The Morgan fingerprint density at radius 3 is 1.62 bits per heavy atom. The number of aliphatic hydroxyl groups excluding tert-OH is 1. The Morgan fingerprint density at radius 2 is 1.62 bits per heavy atom. The predicted octanol–water partition coefficient (Wildman–Crippen LogP) is -3.20. The van der Waals surface area contributed by atoms with Crippen molar-refractivity contribution in [1.82, 2.24) is 0 Å². The van der Waals surface area contributed by atoms with Gasteiger partial charge in [-0.05, 0) is 0 Å². The first-order chi connectivity index (χ1) is 1.91. The standard InChI is InChI=1S/C3H6O.CH4.FH.2H2O/c1-2-3-4;;;;/h2,4H,1,3H2;1H4;1H;2*1H2/p-2. The molecule has 0 aromatic rings. The van der Waals surface area contributed by atoms with Gasteiger partial charge in [0.05, 0.1) is 6.61 Å².